The summed E-state index contributed by atoms with van der Waals surface area (Å²) in [6, 6.07) is 7.74. The Balaban J connectivity index is 1.43. The number of anilines is 1. The number of hydrogen-bond acceptors (Lipinski definition) is 4. The maximum atomic E-state index is 13.0. The van der Waals surface area contributed by atoms with Crippen molar-refractivity contribution in [3.63, 3.8) is 0 Å². The highest BCUT2D eigenvalue weighted by molar-refractivity contribution is 7.92. The Morgan fingerprint density at radius 1 is 1.14 bits per heavy atom. The van der Waals surface area contributed by atoms with E-state index in [1.165, 1.54) is 29.7 Å². The van der Waals surface area contributed by atoms with Gasteiger partial charge in [-0.15, -0.1) is 0 Å². The van der Waals surface area contributed by atoms with Gasteiger partial charge < -0.3 is 9.88 Å². The Labute approximate surface area is 165 Å². The van der Waals surface area contributed by atoms with Crippen molar-refractivity contribution in [3.05, 3.63) is 42.4 Å². The fraction of sp³-hybridized carbons (Fsp3) is 0.500. The lowest BCUT2D eigenvalue weighted by molar-refractivity contribution is -0.122. The number of aromatic nitrogens is 2. The van der Waals surface area contributed by atoms with E-state index in [2.05, 4.69) is 10.3 Å². The van der Waals surface area contributed by atoms with Crippen molar-refractivity contribution in [3.8, 4) is 0 Å². The molecule has 2 aromatic rings. The van der Waals surface area contributed by atoms with E-state index in [1.54, 1.807) is 4.57 Å². The monoisotopic (exact) mass is 402 g/mol. The average Bonchev–Trinajstić information content (AvgIpc) is 3.24. The molecule has 1 aliphatic carbocycles. The highest BCUT2D eigenvalue weighted by Gasteiger charge is 2.32. The Bertz CT molecular complexity index is 946. The zero-order valence-corrected chi connectivity index (χ0v) is 16.7. The third-order valence-electron chi connectivity index (χ3n) is 5.55. The van der Waals surface area contributed by atoms with Gasteiger partial charge in [-0.2, -0.15) is 8.42 Å². The summed E-state index contributed by atoms with van der Waals surface area (Å²) in [7, 11) is -3.73. The first kappa shape index (κ1) is 19.0. The number of sulfonamides is 1. The average molecular weight is 403 g/mol. The van der Waals surface area contributed by atoms with Gasteiger partial charge in [0.1, 0.15) is 6.54 Å². The van der Waals surface area contributed by atoms with Crippen molar-refractivity contribution in [1.29, 1.82) is 0 Å². The van der Waals surface area contributed by atoms with Crippen LogP contribution < -0.4 is 9.62 Å². The zero-order valence-electron chi connectivity index (χ0n) is 15.9. The number of carbonyl (C=O) groups is 1. The summed E-state index contributed by atoms with van der Waals surface area (Å²) in [6.45, 7) is 0.492. The second-order valence-corrected chi connectivity index (χ2v) is 9.41. The summed E-state index contributed by atoms with van der Waals surface area (Å²) >= 11 is 0. The predicted molar refractivity (Wildman–Crippen MR) is 107 cm³/mol. The van der Waals surface area contributed by atoms with Gasteiger partial charge in [-0.05, 0) is 30.9 Å². The molecule has 0 unspecified atom stereocenters. The Morgan fingerprint density at radius 3 is 2.68 bits per heavy atom. The first-order chi connectivity index (χ1) is 13.5. The molecule has 8 heteroatoms. The lowest BCUT2D eigenvalue weighted by Crippen LogP contribution is -2.36. The molecule has 1 aliphatic heterocycles. The molecule has 1 aromatic heterocycles. The number of nitrogens with one attached hydrogen (secondary N) is 1. The van der Waals surface area contributed by atoms with Gasteiger partial charge in [-0.1, -0.05) is 43.9 Å². The number of nitrogens with zero attached hydrogens (tertiary/aromatic N) is 3. The van der Waals surface area contributed by atoms with Crippen LogP contribution in [0.15, 0.2) is 41.8 Å². The highest BCUT2D eigenvalue weighted by atomic mass is 32.2. The van der Waals surface area contributed by atoms with E-state index in [9.17, 15) is 13.2 Å². The van der Waals surface area contributed by atoms with E-state index in [0.29, 0.717) is 18.7 Å². The van der Waals surface area contributed by atoms with Crippen LogP contribution in [-0.4, -0.2) is 36.5 Å². The van der Waals surface area contributed by atoms with Crippen LogP contribution in [0.4, 0.5) is 5.69 Å². The van der Waals surface area contributed by atoms with E-state index >= 15 is 0 Å². The quantitative estimate of drug-likeness (QED) is 0.779. The van der Waals surface area contributed by atoms with E-state index in [0.717, 1.165) is 31.2 Å². The molecular formula is C20H26N4O3S. The van der Waals surface area contributed by atoms with Crippen LogP contribution in [0.1, 0.15) is 44.1 Å². The summed E-state index contributed by atoms with van der Waals surface area (Å²) < 4.78 is 28.9. The first-order valence-corrected chi connectivity index (χ1v) is 11.4. The van der Waals surface area contributed by atoms with Gasteiger partial charge in [0.15, 0.2) is 5.03 Å². The molecule has 28 heavy (non-hydrogen) atoms. The molecule has 0 radical (unpaired) electrons. The van der Waals surface area contributed by atoms with Crippen LogP contribution in [0.5, 0.6) is 0 Å². The first-order valence-electron chi connectivity index (χ1n) is 9.96. The molecule has 2 heterocycles. The molecule has 0 bridgehead atoms. The fourth-order valence-electron chi connectivity index (χ4n) is 4.09. The van der Waals surface area contributed by atoms with Gasteiger partial charge in [0.05, 0.1) is 12.0 Å². The maximum absolute atomic E-state index is 13.0. The van der Waals surface area contributed by atoms with Gasteiger partial charge >= 0.3 is 0 Å². The van der Waals surface area contributed by atoms with E-state index < -0.39 is 10.0 Å². The van der Waals surface area contributed by atoms with Crippen molar-refractivity contribution in [1.82, 2.24) is 14.9 Å². The minimum absolute atomic E-state index is 0.0218. The van der Waals surface area contributed by atoms with Gasteiger partial charge in [-0.25, -0.2) is 4.98 Å². The Morgan fingerprint density at radius 2 is 1.89 bits per heavy atom. The SMILES string of the molecule is O=C(Cn1cnc(S(=O)(=O)N2CCc3ccccc32)c1)NC1CCCCCC1. The summed E-state index contributed by atoms with van der Waals surface area (Å²) in [4.78, 5) is 16.4. The van der Waals surface area contributed by atoms with Crippen LogP contribution in [0, 0.1) is 0 Å². The summed E-state index contributed by atoms with van der Waals surface area (Å²) in [6.07, 6.45) is 10.4. The summed E-state index contributed by atoms with van der Waals surface area (Å²) in [5.41, 5.74) is 1.73. The third kappa shape index (κ3) is 3.92. The molecule has 1 N–H and O–H groups in total. The van der Waals surface area contributed by atoms with Crippen LogP contribution >= 0.6 is 0 Å². The minimum Gasteiger partial charge on any atom is -0.352 e. The number of hydrogen-bond donors (Lipinski definition) is 1. The number of amides is 1. The standard InChI is InChI=1S/C20H26N4O3S/c25-19(22-17-8-3-1-2-4-9-17)13-23-14-20(21-15-23)28(26,27)24-12-11-16-7-5-6-10-18(16)24/h5-7,10,14-15,17H,1-4,8-9,11-13H2,(H,22,25). The Kier molecular flexibility index (Phi) is 5.39. The molecule has 1 aromatic carbocycles. The van der Waals surface area contributed by atoms with Gasteiger partial charge in [0, 0.05) is 18.8 Å². The molecule has 150 valence electrons. The van der Waals surface area contributed by atoms with Gasteiger partial charge in [0.25, 0.3) is 10.0 Å². The number of benzene rings is 1. The van der Waals surface area contributed by atoms with Crippen LogP contribution in [0.25, 0.3) is 0 Å². The van der Waals surface area contributed by atoms with Crippen molar-refractivity contribution >= 4 is 21.6 Å². The highest BCUT2D eigenvalue weighted by Crippen LogP contribution is 2.32. The van der Waals surface area contributed by atoms with Crippen molar-refractivity contribution < 1.29 is 13.2 Å². The maximum Gasteiger partial charge on any atom is 0.283 e. The molecule has 1 saturated carbocycles. The van der Waals surface area contributed by atoms with E-state index in [-0.39, 0.29) is 23.5 Å². The normalized spacial score (nSPS) is 17.9. The van der Waals surface area contributed by atoms with E-state index in [1.807, 2.05) is 24.3 Å². The molecule has 1 fully saturated rings. The third-order valence-corrected chi connectivity index (χ3v) is 7.25. The molecule has 1 amide bonds. The minimum atomic E-state index is -3.73. The molecule has 7 nitrogen and oxygen atoms in total. The summed E-state index contributed by atoms with van der Waals surface area (Å²) in [5.74, 6) is -0.0974. The second kappa shape index (κ2) is 7.95. The van der Waals surface area contributed by atoms with Crippen molar-refractivity contribution in [2.45, 2.75) is 62.6 Å². The topological polar surface area (TPSA) is 84.3 Å². The van der Waals surface area contributed by atoms with Crippen molar-refractivity contribution in [2.24, 2.45) is 0 Å². The predicted octanol–water partition coefficient (Wildman–Crippen LogP) is 2.47. The molecular weight excluding hydrogens is 376 g/mol. The number of imidazole rings is 1. The molecule has 4 rings (SSSR count). The largest absolute Gasteiger partial charge is 0.352 e. The van der Waals surface area contributed by atoms with Crippen molar-refractivity contribution in [2.75, 3.05) is 10.8 Å². The lowest BCUT2D eigenvalue weighted by atomic mass is 10.1. The molecule has 0 saturated heterocycles. The molecule has 2 aliphatic rings. The van der Waals surface area contributed by atoms with Gasteiger partial charge in [0.2, 0.25) is 5.91 Å². The zero-order chi connectivity index (χ0) is 19.6. The second-order valence-electron chi connectivity index (χ2n) is 7.60. The number of para-hydroxylation sites is 1. The van der Waals surface area contributed by atoms with Crippen LogP contribution in [-0.2, 0) is 27.8 Å². The number of carbonyl (C=O) groups excluding carboxylic acids is 1. The van der Waals surface area contributed by atoms with Crippen LogP contribution in [0.2, 0.25) is 0 Å². The van der Waals surface area contributed by atoms with Crippen LogP contribution in [0.3, 0.4) is 0 Å². The smallest absolute Gasteiger partial charge is 0.283 e. The Hall–Kier alpha value is -2.35. The molecule has 0 spiro atoms. The van der Waals surface area contributed by atoms with Gasteiger partial charge in [-0.3, -0.25) is 9.10 Å². The summed E-state index contributed by atoms with van der Waals surface area (Å²) in [5, 5.41) is 3.05. The fourth-order valence-corrected chi connectivity index (χ4v) is 5.54. The van der Waals surface area contributed by atoms with E-state index in [4.69, 9.17) is 0 Å². The molecule has 0 atom stereocenters. The number of rotatable bonds is 5. The lowest BCUT2D eigenvalue weighted by Gasteiger charge is -2.18. The number of fused-ring (bicyclic) bond motifs is 1.